The van der Waals surface area contributed by atoms with Crippen LogP contribution in [0.4, 0.5) is 0 Å². The lowest BCUT2D eigenvalue weighted by atomic mass is 10.2. The van der Waals surface area contributed by atoms with Crippen LogP contribution in [-0.2, 0) is 14.3 Å². The molecule has 0 radical (unpaired) electrons. The number of carbonyl (C=O) groups excluding carboxylic acids is 1. The number of esters is 1. The standard InChI is InChI=1S/C13H27NO3/c1-5-8-11(4)17-10-9-12(14-6-2)13(15)16-7-3/h11-12,14H,5-10H2,1-4H3. The molecule has 0 bridgehead atoms. The number of ether oxygens (including phenoxy) is 2. The van der Waals surface area contributed by atoms with Gasteiger partial charge < -0.3 is 14.8 Å². The minimum atomic E-state index is -0.242. The van der Waals surface area contributed by atoms with Gasteiger partial charge >= 0.3 is 5.97 Å². The zero-order valence-electron chi connectivity index (χ0n) is 11.6. The first-order chi connectivity index (χ1) is 8.15. The molecule has 0 aromatic heterocycles. The second-order valence-electron chi connectivity index (χ2n) is 4.12. The Labute approximate surface area is 105 Å². The van der Waals surface area contributed by atoms with Crippen molar-refractivity contribution in [2.24, 2.45) is 0 Å². The molecule has 0 aromatic rings. The van der Waals surface area contributed by atoms with E-state index in [1.54, 1.807) is 0 Å². The predicted molar refractivity (Wildman–Crippen MR) is 69.0 cm³/mol. The zero-order chi connectivity index (χ0) is 13.1. The molecule has 0 aliphatic carbocycles. The van der Waals surface area contributed by atoms with Crippen LogP contribution in [0.1, 0.15) is 47.0 Å². The smallest absolute Gasteiger partial charge is 0.323 e. The van der Waals surface area contributed by atoms with Gasteiger partial charge in [0.25, 0.3) is 0 Å². The van der Waals surface area contributed by atoms with Crippen LogP contribution >= 0.6 is 0 Å². The molecule has 2 atom stereocenters. The predicted octanol–water partition coefficient (Wildman–Crippen LogP) is 2.12. The van der Waals surface area contributed by atoms with Crippen molar-refractivity contribution < 1.29 is 14.3 Å². The first-order valence-electron chi connectivity index (χ1n) is 6.67. The van der Waals surface area contributed by atoms with Crippen LogP contribution in [0.3, 0.4) is 0 Å². The van der Waals surface area contributed by atoms with Gasteiger partial charge in [-0.1, -0.05) is 20.3 Å². The second kappa shape index (κ2) is 10.5. The van der Waals surface area contributed by atoms with Gasteiger partial charge in [0, 0.05) is 6.61 Å². The summed E-state index contributed by atoms with van der Waals surface area (Å²) in [5.41, 5.74) is 0. The highest BCUT2D eigenvalue weighted by Crippen LogP contribution is 2.03. The van der Waals surface area contributed by atoms with Gasteiger partial charge in [-0.25, -0.2) is 0 Å². The van der Waals surface area contributed by atoms with E-state index in [1.165, 1.54) is 0 Å². The molecule has 0 rings (SSSR count). The molecule has 1 N–H and O–H groups in total. The first-order valence-corrected chi connectivity index (χ1v) is 6.67. The molecule has 0 aromatic carbocycles. The molecule has 4 heteroatoms. The number of likely N-dealkylation sites (N-methyl/N-ethyl adjacent to an activating group) is 1. The van der Waals surface area contributed by atoms with Gasteiger partial charge in [0.15, 0.2) is 0 Å². The van der Waals surface area contributed by atoms with Crippen molar-refractivity contribution >= 4 is 5.97 Å². The maximum atomic E-state index is 11.6. The fraction of sp³-hybridized carbons (Fsp3) is 0.923. The van der Waals surface area contributed by atoms with Crippen LogP contribution in [-0.4, -0.2) is 37.9 Å². The molecular weight excluding hydrogens is 218 g/mol. The van der Waals surface area contributed by atoms with Gasteiger partial charge in [-0.2, -0.15) is 0 Å². The molecular formula is C13H27NO3. The molecule has 2 unspecified atom stereocenters. The molecule has 0 aliphatic heterocycles. The van der Waals surface area contributed by atoms with Crippen LogP contribution in [0.25, 0.3) is 0 Å². The highest BCUT2D eigenvalue weighted by atomic mass is 16.5. The van der Waals surface area contributed by atoms with Crippen molar-refractivity contribution in [1.82, 2.24) is 5.32 Å². The Morgan fingerprint density at radius 1 is 1.24 bits per heavy atom. The largest absolute Gasteiger partial charge is 0.465 e. The summed E-state index contributed by atoms with van der Waals surface area (Å²) in [6, 6.07) is -0.242. The van der Waals surface area contributed by atoms with Crippen LogP contribution in [0, 0.1) is 0 Å². The summed E-state index contributed by atoms with van der Waals surface area (Å²) in [6.07, 6.45) is 3.12. The van der Waals surface area contributed by atoms with Gasteiger partial charge in [0.2, 0.25) is 0 Å². The summed E-state index contributed by atoms with van der Waals surface area (Å²) in [4.78, 5) is 11.6. The van der Waals surface area contributed by atoms with Gasteiger partial charge in [-0.05, 0) is 33.2 Å². The summed E-state index contributed by atoms with van der Waals surface area (Å²) in [5, 5.41) is 3.12. The third-order valence-electron chi connectivity index (χ3n) is 2.53. The molecule has 4 nitrogen and oxygen atoms in total. The second-order valence-corrected chi connectivity index (χ2v) is 4.12. The van der Waals surface area contributed by atoms with Crippen molar-refractivity contribution in [1.29, 1.82) is 0 Å². The van der Waals surface area contributed by atoms with E-state index in [2.05, 4.69) is 19.2 Å². The topological polar surface area (TPSA) is 47.6 Å². The third-order valence-corrected chi connectivity index (χ3v) is 2.53. The van der Waals surface area contributed by atoms with E-state index in [0.29, 0.717) is 19.6 Å². The monoisotopic (exact) mass is 245 g/mol. The lowest BCUT2D eigenvalue weighted by molar-refractivity contribution is -0.146. The maximum Gasteiger partial charge on any atom is 0.323 e. The fourth-order valence-corrected chi connectivity index (χ4v) is 1.67. The number of carbonyl (C=O) groups is 1. The van der Waals surface area contributed by atoms with Crippen molar-refractivity contribution in [3.05, 3.63) is 0 Å². The van der Waals surface area contributed by atoms with E-state index in [4.69, 9.17) is 9.47 Å². The Morgan fingerprint density at radius 3 is 2.47 bits per heavy atom. The molecule has 0 fully saturated rings. The first kappa shape index (κ1) is 16.4. The Morgan fingerprint density at radius 2 is 1.94 bits per heavy atom. The number of hydrogen-bond acceptors (Lipinski definition) is 4. The summed E-state index contributed by atoms with van der Waals surface area (Å²) in [7, 11) is 0. The van der Waals surface area contributed by atoms with Crippen molar-refractivity contribution in [2.75, 3.05) is 19.8 Å². The lowest BCUT2D eigenvalue weighted by Gasteiger charge is -2.18. The Balaban J connectivity index is 3.87. The average molecular weight is 245 g/mol. The molecule has 0 spiro atoms. The van der Waals surface area contributed by atoms with E-state index < -0.39 is 0 Å². The molecule has 0 heterocycles. The quantitative estimate of drug-likeness (QED) is 0.599. The summed E-state index contributed by atoms with van der Waals surface area (Å²) < 4.78 is 10.6. The minimum Gasteiger partial charge on any atom is -0.465 e. The van der Waals surface area contributed by atoms with E-state index in [9.17, 15) is 4.79 Å². The third kappa shape index (κ3) is 8.16. The SMILES string of the molecule is CCCC(C)OCCC(NCC)C(=O)OCC. The minimum absolute atomic E-state index is 0.180. The van der Waals surface area contributed by atoms with E-state index >= 15 is 0 Å². The maximum absolute atomic E-state index is 11.6. The Kier molecular flexibility index (Phi) is 10.2. The molecule has 0 saturated carbocycles. The fourth-order valence-electron chi connectivity index (χ4n) is 1.67. The molecule has 0 aliphatic rings. The van der Waals surface area contributed by atoms with Crippen molar-refractivity contribution in [3.63, 3.8) is 0 Å². The van der Waals surface area contributed by atoms with Crippen molar-refractivity contribution in [2.45, 2.75) is 59.1 Å². The lowest BCUT2D eigenvalue weighted by Crippen LogP contribution is -2.39. The van der Waals surface area contributed by atoms with Crippen LogP contribution < -0.4 is 5.32 Å². The molecule has 0 amide bonds. The highest BCUT2D eigenvalue weighted by molar-refractivity contribution is 5.75. The summed E-state index contributed by atoms with van der Waals surface area (Å²) in [5.74, 6) is -0.180. The van der Waals surface area contributed by atoms with E-state index in [-0.39, 0.29) is 18.1 Å². The highest BCUT2D eigenvalue weighted by Gasteiger charge is 2.18. The van der Waals surface area contributed by atoms with Crippen LogP contribution in [0.5, 0.6) is 0 Å². The van der Waals surface area contributed by atoms with Gasteiger partial charge in [-0.3, -0.25) is 4.79 Å². The van der Waals surface area contributed by atoms with E-state index in [0.717, 1.165) is 19.4 Å². The number of hydrogen-bond donors (Lipinski definition) is 1. The Hall–Kier alpha value is -0.610. The van der Waals surface area contributed by atoms with Gasteiger partial charge in [0.1, 0.15) is 6.04 Å². The molecule has 102 valence electrons. The Bertz CT molecular complexity index is 197. The molecule has 17 heavy (non-hydrogen) atoms. The zero-order valence-corrected chi connectivity index (χ0v) is 11.6. The summed E-state index contributed by atoms with van der Waals surface area (Å²) >= 11 is 0. The van der Waals surface area contributed by atoms with Gasteiger partial charge in [0.05, 0.1) is 12.7 Å². The number of nitrogens with one attached hydrogen (secondary N) is 1. The van der Waals surface area contributed by atoms with Crippen molar-refractivity contribution in [3.8, 4) is 0 Å². The summed E-state index contributed by atoms with van der Waals surface area (Å²) in [6.45, 7) is 9.78. The molecule has 0 saturated heterocycles. The van der Waals surface area contributed by atoms with Crippen LogP contribution in [0.15, 0.2) is 0 Å². The van der Waals surface area contributed by atoms with Crippen LogP contribution in [0.2, 0.25) is 0 Å². The van der Waals surface area contributed by atoms with E-state index in [1.807, 2.05) is 13.8 Å². The van der Waals surface area contributed by atoms with Gasteiger partial charge in [-0.15, -0.1) is 0 Å². The number of rotatable bonds is 10. The normalized spacial score (nSPS) is 14.4. The average Bonchev–Trinajstić information content (AvgIpc) is 2.28.